The lowest BCUT2D eigenvalue weighted by Gasteiger charge is -2.38. The van der Waals surface area contributed by atoms with Gasteiger partial charge in [-0.05, 0) is 77.9 Å². The topological polar surface area (TPSA) is 127 Å². The highest BCUT2D eigenvalue weighted by atomic mass is 16.6. The van der Waals surface area contributed by atoms with Gasteiger partial charge in [0, 0.05) is 38.7 Å². The summed E-state index contributed by atoms with van der Waals surface area (Å²) in [7, 11) is 0. The third-order valence-corrected chi connectivity index (χ3v) is 8.74. The van der Waals surface area contributed by atoms with Crippen LogP contribution in [-0.4, -0.2) is 102 Å². The van der Waals surface area contributed by atoms with Crippen LogP contribution in [0.25, 0.3) is 0 Å². The summed E-state index contributed by atoms with van der Waals surface area (Å²) in [5.41, 5.74) is -0.0490. The first-order chi connectivity index (χ1) is 21.3. The average Bonchev–Trinajstić information content (AvgIpc) is 2.99. The Labute approximate surface area is 271 Å². The number of nitrogens with one attached hydrogen (secondary N) is 1. The van der Waals surface area contributed by atoms with E-state index < -0.39 is 42.1 Å². The second-order valence-corrected chi connectivity index (χ2v) is 13.0. The summed E-state index contributed by atoms with van der Waals surface area (Å²) in [6.07, 6.45) is 8.46. The molecular weight excluding hydrogens is 576 g/mol. The van der Waals surface area contributed by atoms with Crippen molar-refractivity contribution in [3.05, 3.63) is 36.0 Å². The van der Waals surface area contributed by atoms with Crippen LogP contribution in [0, 0.1) is 11.8 Å². The molecule has 0 radical (unpaired) electrons. The molecule has 1 amide bonds. The van der Waals surface area contributed by atoms with Gasteiger partial charge < -0.3 is 39.4 Å². The van der Waals surface area contributed by atoms with E-state index in [0.29, 0.717) is 45.6 Å². The number of piperazine rings is 1. The molecule has 2 aliphatic rings. The van der Waals surface area contributed by atoms with E-state index in [-0.39, 0.29) is 36.9 Å². The van der Waals surface area contributed by atoms with E-state index in [4.69, 9.17) is 18.9 Å². The Morgan fingerprint density at radius 2 is 1.91 bits per heavy atom. The normalized spacial score (nSPS) is 30.8. The van der Waals surface area contributed by atoms with Crippen LogP contribution in [0.5, 0.6) is 0 Å². The van der Waals surface area contributed by atoms with E-state index in [9.17, 15) is 19.8 Å². The van der Waals surface area contributed by atoms with Crippen LogP contribution < -0.4 is 5.32 Å². The molecule has 1 unspecified atom stereocenters. The molecule has 0 aliphatic carbocycles. The number of amides is 1. The number of nitrogens with zero attached hydrogens (tertiary/aromatic N) is 1. The molecule has 0 aromatic heterocycles. The summed E-state index contributed by atoms with van der Waals surface area (Å²) >= 11 is 0. The van der Waals surface area contributed by atoms with Gasteiger partial charge >= 0.3 is 12.1 Å². The molecule has 10 heteroatoms. The number of rotatable bonds is 12. The maximum atomic E-state index is 13.2. The highest BCUT2D eigenvalue weighted by molar-refractivity contribution is 5.70. The number of cyclic esters (lactones) is 1. The predicted molar refractivity (Wildman–Crippen MR) is 176 cm³/mol. The summed E-state index contributed by atoms with van der Waals surface area (Å²) < 4.78 is 24.1. The number of aliphatic hydroxyl groups excluding tert-OH is 2. The van der Waals surface area contributed by atoms with Crippen LogP contribution in [0.2, 0.25) is 0 Å². The van der Waals surface area contributed by atoms with Crippen molar-refractivity contribution in [2.75, 3.05) is 32.8 Å². The highest BCUT2D eigenvalue weighted by Crippen LogP contribution is 2.30. The van der Waals surface area contributed by atoms with Crippen molar-refractivity contribution in [2.24, 2.45) is 11.8 Å². The van der Waals surface area contributed by atoms with E-state index >= 15 is 0 Å². The second-order valence-electron chi connectivity index (χ2n) is 13.0. The number of carbonyl (C=O) groups is 2. The van der Waals surface area contributed by atoms with Gasteiger partial charge in [0.15, 0.2) is 6.10 Å². The molecule has 2 aliphatic heterocycles. The minimum atomic E-state index is -0.920. The van der Waals surface area contributed by atoms with Crippen LogP contribution in [-0.2, 0) is 23.7 Å². The summed E-state index contributed by atoms with van der Waals surface area (Å²) in [6.45, 7) is 18.6. The third-order valence-electron chi connectivity index (χ3n) is 8.74. The quantitative estimate of drug-likeness (QED) is 0.155. The lowest BCUT2D eigenvalue weighted by atomic mass is 9.88. The second kappa shape index (κ2) is 19.4. The van der Waals surface area contributed by atoms with Gasteiger partial charge in [0.1, 0.15) is 11.7 Å². The molecule has 0 saturated carbocycles. The number of carbonyl (C=O) groups excluding carboxylic acids is 2. The van der Waals surface area contributed by atoms with Crippen LogP contribution in [0.15, 0.2) is 36.0 Å². The molecule has 0 spiro atoms. The minimum Gasteiger partial charge on any atom is -0.457 e. The van der Waals surface area contributed by atoms with Gasteiger partial charge in [0.05, 0.1) is 30.8 Å². The Kier molecular flexibility index (Phi) is 16.8. The first kappa shape index (κ1) is 38.9. The fraction of sp³-hybridized carbons (Fsp3) is 0.771. The fourth-order valence-corrected chi connectivity index (χ4v) is 5.89. The van der Waals surface area contributed by atoms with Crippen molar-refractivity contribution in [3.63, 3.8) is 0 Å². The van der Waals surface area contributed by atoms with Gasteiger partial charge in [0.2, 0.25) is 0 Å². The highest BCUT2D eigenvalue weighted by Gasteiger charge is 2.39. The Bertz CT molecular complexity index is 994. The van der Waals surface area contributed by atoms with E-state index in [1.807, 2.05) is 72.8 Å². The first-order valence-electron chi connectivity index (χ1n) is 16.8. The van der Waals surface area contributed by atoms with Crippen LogP contribution in [0.3, 0.4) is 0 Å². The SMILES string of the molecule is CCO[C@]1(C)CC[C@@H](O)CC(=O)O[C@H](/C(C)=C/C=C/[C@@H](C)C[C@H](C)OC(C)[C@@H](O)CC)[C@@H](C)/C=C/[C@@H]1OC(=O)N1CCNCC1. The molecular formula is C35H60N2O8. The van der Waals surface area contributed by atoms with Gasteiger partial charge in [-0.15, -0.1) is 0 Å². The number of allylic oxidation sites excluding steroid dienone is 3. The average molecular weight is 637 g/mol. The Hall–Kier alpha value is -2.24. The maximum Gasteiger partial charge on any atom is 0.410 e. The summed E-state index contributed by atoms with van der Waals surface area (Å²) in [4.78, 5) is 27.8. The number of hydrogen-bond donors (Lipinski definition) is 3. The third kappa shape index (κ3) is 13.2. The van der Waals surface area contributed by atoms with Gasteiger partial charge in [-0.1, -0.05) is 45.1 Å². The van der Waals surface area contributed by atoms with Crippen molar-refractivity contribution in [2.45, 2.75) is 130 Å². The van der Waals surface area contributed by atoms with Gasteiger partial charge in [-0.2, -0.15) is 0 Å². The van der Waals surface area contributed by atoms with Crippen LogP contribution >= 0.6 is 0 Å². The lowest BCUT2D eigenvalue weighted by Crippen LogP contribution is -2.50. The van der Waals surface area contributed by atoms with E-state index in [2.05, 4.69) is 18.3 Å². The number of aliphatic hydroxyl groups is 2. The van der Waals surface area contributed by atoms with Crippen molar-refractivity contribution >= 4 is 12.1 Å². The van der Waals surface area contributed by atoms with Crippen LogP contribution in [0.1, 0.15) is 87.5 Å². The van der Waals surface area contributed by atoms with Crippen molar-refractivity contribution in [1.82, 2.24) is 10.2 Å². The number of hydrogen-bond acceptors (Lipinski definition) is 9. The fourth-order valence-electron chi connectivity index (χ4n) is 5.89. The molecule has 3 N–H and O–H groups in total. The smallest absolute Gasteiger partial charge is 0.410 e. The largest absolute Gasteiger partial charge is 0.457 e. The van der Waals surface area contributed by atoms with E-state index in [0.717, 1.165) is 12.0 Å². The molecule has 2 heterocycles. The molecule has 258 valence electrons. The summed E-state index contributed by atoms with van der Waals surface area (Å²) in [5, 5.41) is 24.0. The predicted octanol–water partition coefficient (Wildman–Crippen LogP) is 4.93. The molecule has 10 nitrogen and oxygen atoms in total. The van der Waals surface area contributed by atoms with Crippen molar-refractivity contribution in [1.29, 1.82) is 0 Å². The van der Waals surface area contributed by atoms with Crippen molar-refractivity contribution in [3.8, 4) is 0 Å². The Balaban J connectivity index is 2.25. The lowest BCUT2D eigenvalue weighted by molar-refractivity contribution is -0.152. The van der Waals surface area contributed by atoms with Gasteiger partial charge in [-0.25, -0.2) is 4.79 Å². The number of ether oxygens (including phenoxy) is 4. The Morgan fingerprint density at radius 1 is 1.22 bits per heavy atom. The molecule has 0 aromatic carbocycles. The Morgan fingerprint density at radius 3 is 2.56 bits per heavy atom. The molecule has 2 rings (SSSR count). The molecule has 45 heavy (non-hydrogen) atoms. The van der Waals surface area contributed by atoms with E-state index in [1.54, 1.807) is 4.90 Å². The first-order valence-corrected chi connectivity index (χ1v) is 16.8. The summed E-state index contributed by atoms with van der Waals surface area (Å²) in [6, 6.07) is 0. The maximum absolute atomic E-state index is 13.2. The van der Waals surface area contributed by atoms with Gasteiger partial charge in [-0.3, -0.25) is 4.79 Å². The zero-order chi connectivity index (χ0) is 33.6. The molecule has 9 atom stereocenters. The van der Waals surface area contributed by atoms with Crippen molar-refractivity contribution < 1.29 is 38.7 Å². The zero-order valence-electron chi connectivity index (χ0n) is 28.9. The minimum absolute atomic E-state index is 0.00854. The van der Waals surface area contributed by atoms with E-state index in [1.165, 1.54) is 0 Å². The molecule has 0 aromatic rings. The summed E-state index contributed by atoms with van der Waals surface area (Å²) in [5.74, 6) is -0.491. The van der Waals surface area contributed by atoms with Crippen LogP contribution in [0.4, 0.5) is 4.79 Å². The standard InChI is InChI=1S/C35H60N2O8/c1-9-30(39)28(7)43-27(6)22-24(3)12-11-13-25(4)33-26(5)14-15-31(44-34(41)37-20-18-36-19-21-37)35(8,42-10-2)17-16-29(38)23-32(40)45-33/h11-15,24,26-31,33,36,38-39H,9-10,16-23H2,1-8H3/b12-11+,15-14+,25-13+/t24-,26+,27+,28?,29-,30+,31+,33-,35-/m1/s1. The monoisotopic (exact) mass is 636 g/mol. The molecule has 1 saturated heterocycles. The molecule has 0 bridgehead atoms. The molecule has 1 fully saturated rings. The van der Waals surface area contributed by atoms with Gasteiger partial charge in [0.25, 0.3) is 0 Å². The zero-order valence-corrected chi connectivity index (χ0v) is 28.9. The number of esters is 1.